The first-order valence-electron chi connectivity index (χ1n) is 6.38. The van der Waals surface area contributed by atoms with E-state index in [0.717, 1.165) is 37.1 Å². The number of nitrogens with one attached hydrogen (secondary N) is 1. The van der Waals surface area contributed by atoms with Gasteiger partial charge in [0.15, 0.2) is 0 Å². The number of methoxy groups -OCH3 is 1. The molecule has 0 aliphatic rings. The third-order valence-corrected chi connectivity index (χ3v) is 3.30. The number of halogens is 1. The molecular weight excluding hydrogens is 292 g/mol. The van der Waals surface area contributed by atoms with Gasteiger partial charge in [0.25, 0.3) is 0 Å². The van der Waals surface area contributed by atoms with Gasteiger partial charge in [-0.1, -0.05) is 22.9 Å². The fourth-order valence-electron chi connectivity index (χ4n) is 1.92. The van der Waals surface area contributed by atoms with Gasteiger partial charge in [-0.3, -0.25) is 0 Å². The molecule has 0 aliphatic carbocycles. The lowest BCUT2D eigenvalue weighted by Crippen LogP contribution is -2.23. The number of ether oxygens (including phenoxy) is 1. The molecular formula is C14H23BrN2O. The molecule has 1 N–H and O–H groups in total. The number of anilines is 1. The van der Waals surface area contributed by atoms with Crippen molar-refractivity contribution in [3.05, 3.63) is 28.2 Å². The Bertz CT molecular complexity index is 358. The zero-order valence-corrected chi connectivity index (χ0v) is 13.1. The molecule has 1 rings (SSSR count). The highest BCUT2D eigenvalue weighted by atomic mass is 79.9. The Hall–Kier alpha value is -0.580. The summed E-state index contributed by atoms with van der Waals surface area (Å²) in [5.74, 6) is 0. The van der Waals surface area contributed by atoms with Gasteiger partial charge >= 0.3 is 0 Å². The van der Waals surface area contributed by atoms with Gasteiger partial charge < -0.3 is 15.0 Å². The van der Waals surface area contributed by atoms with Crippen LogP contribution < -0.4 is 10.2 Å². The van der Waals surface area contributed by atoms with Crippen LogP contribution in [0.3, 0.4) is 0 Å². The Morgan fingerprint density at radius 1 is 1.39 bits per heavy atom. The predicted octanol–water partition coefficient (Wildman–Crippen LogP) is 3.03. The Balaban J connectivity index is 2.70. The van der Waals surface area contributed by atoms with Crippen LogP contribution in [-0.4, -0.2) is 33.9 Å². The van der Waals surface area contributed by atoms with Crippen molar-refractivity contribution in [3.63, 3.8) is 0 Å². The summed E-state index contributed by atoms with van der Waals surface area (Å²) in [5, 5.41) is 3.39. The van der Waals surface area contributed by atoms with E-state index in [1.54, 1.807) is 7.11 Å². The average Bonchev–Trinajstić information content (AvgIpc) is 2.35. The minimum Gasteiger partial charge on any atom is -0.383 e. The highest BCUT2D eigenvalue weighted by molar-refractivity contribution is 9.10. The molecule has 0 spiro atoms. The van der Waals surface area contributed by atoms with E-state index in [0.29, 0.717) is 0 Å². The summed E-state index contributed by atoms with van der Waals surface area (Å²) in [4.78, 5) is 2.31. The number of nitrogens with zero attached hydrogens (tertiary/aromatic N) is 1. The molecule has 0 heterocycles. The van der Waals surface area contributed by atoms with Gasteiger partial charge in [0.05, 0.1) is 6.61 Å². The Morgan fingerprint density at radius 3 is 2.83 bits per heavy atom. The first kappa shape index (κ1) is 15.5. The van der Waals surface area contributed by atoms with E-state index >= 15 is 0 Å². The molecule has 0 saturated carbocycles. The second-order valence-corrected chi connectivity index (χ2v) is 5.28. The van der Waals surface area contributed by atoms with Crippen LogP contribution in [0.25, 0.3) is 0 Å². The summed E-state index contributed by atoms with van der Waals surface area (Å²) < 4.78 is 6.16. The summed E-state index contributed by atoms with van der Waals surface area (Å²) in [6.45, 7) is 5.76. The smallest absolute Gasteiger partial charge is 0.0587 e. The second kappa shape index (κ2) is 8.51. The number of benzene rings is 1. The molecule has 102 valence electrons. The number of hydrogen-bond donors (Lipinski definition) is 1. The van der Waals surface area contributed by atoms with Crippen LogP contribution in [0.2, 0.25) is 0 Å². The van der Waals surface area contributed by atoms with Crippen molar-refractivity contribution in [2.75, 3.05) is 38.8 Å². The second-order valence-electron chi connectivity index (χ2n) is 4.36. The standard InChI is InChI=1S/C14H23BrN2O/c1-4-8-17(2)14-6-5-13(15)10-12(14)11-16-7-9-18-3/h5-6,10,16H,4,7-9,11H2,1-3H3. The lowest BCUT2D eigenvalue weighted by atomic mass is 10.1. The third kappa shape index (κ3) is 4.96. The summed E-state index contributed by atoms with van der Waals surface area (Å²) in [5.41, 5.74) is 2.61. The third-order valence-electron chi connectivity index (χ3n) is 2.81. The van der Waals surface area contributed by atoms with Gasteiger partial charge in [-0.05, 0) is 30.2 Å². The quantitative estimate of drug-likeness (QED) is 0.746. The maximum atomic E-state index is 5.04. The number of rotatable bonds is 8. The topological polar surface area (TPSA) is 24.5 Å². The largest absolute Gasteiger partial charge is 0.383 e. The van der Waals surface area contributed by atoms with Crippen molar-refractivity contribution >= 4 is 21.6 Å². The lowest BCUT2D eigenvalue weighted by Gasteiger charge is -2.22. The first-order valence-corrected chi connectivity index (χ1v) is 7.17. The zero-order chi connectivity index (χ0) is 13.4. The van der Waals surface area contributed by atoms with Gasteiger partial charge in [-0.2, -0.15) is 0 Å². The number of hydrogen-bond acceptors (Lipinski definition) is 3. The van der Waals surface area contributed by atoms with Crippen molar-refractivity contribution in [2.45, 2.75) is 19.9 Å². The summed E-state index contributed by atoms with van der Waals surface area (Å²) in [6.07, 6.45) is 1.16. The van der Waals surface area contributed by atoms with Crippen molar-refractivity contribution in [3.8, 4) is 0 Å². The molecule has 1 aromatic carbocycles. The molecule has 1 aromatic rings. The summed E-state index contributed by atoms with van der Waals surface area (Å²) in [7, 11) is 3.87. The van der Waals surface area contributed by atoms with Crippen molar-refractivity contribution < 1.29 is 4.74 Å². The summed E-state index contributed by atoms with van der Waals surface area (Å²) in [6, 6.07) is 6.45. The van der Waals surface area contributed by atoms with E-state index in [1.165, 1.54) is 11.3 Å². The summed E-state index contributed by atoms with van der Waals surface area (Å²) >= 11 is 3.54. The van der Waals surface area contributed by atoms with Gasteiger partial charge in [0, 0.05) is 44.0 Å². The van der Waals surface area contributed by atoms with E-state index in [2.05, 4.69) is 58.3 Å². The van der Waals surface area contributed by atoms with Crippen LogP contribution in [0.1, 0.15) is 18.9 Å². The normalized spacial score (nSPS) is 10.7. The van der Waals surface area contributed by atoms with E-state index in [4.69, 9.17) is 4.74 Å². The monoisotopic (exact) mass is 314 g/mol. The minimum absolute atomic E-state index is 0.744. The maximum absolute atomic E-state index is 5.04. The highest BCUT2D eigenvalue weighted by Gasteiger charge is 2.07. The van der Waals surface area contributed by atoms with Crippen LogP contribution in [-0.2, 0) is 11.3 Å². The van der Waals surface area contributed by atoms with Crippen LogP contribution in [0.15, 0.2) is 22.7 Å². The molecule has 0 unspecified atom stereocenters. The van der Waals surface area contributed by atoms with Gasteiger partial charge in [-0.15, -0.1) is 0 Å². The molecule has 0 radical (unpaired) electrons. The molecule has 0 atom stereocenters. The molecule has 18 heavy (non-hydrogen) atoms. The molecule has 0 amide bonds. The van der Waals surface area contributed by atoms with Crippen molar-refractivity contribution in [2.24, 2.45) is 0 Å². The van der Waals surface area contributed by atoms with Crippen LogP contribution in [0, 0.1) is 0 Å². The lowest BCUT2D eigenvalue weighted by molar-refractivity contribution is 0.199. The fourth-order valence-corrected chi connectivity index (χ4v) is 2.33. The van der Waals surface area contributed by atoms with Crippen molar-refractivity contribution in [1.29, 1.82) is 0 Å². The Labute approximate surface area is 119 Å². The Morgan fingerprint density at radius 2 is 2.17 bits per heavy atom. The molecule has 0 fully saturated rings. The molecule has 3 nitrogen and oxygen atoms in total. The van der Waals surface area contributed by atoms with E-state index in [1.807, 2.05) is 0 Å². The molecule has 0 aromatic heterocycles. The van der Waals surface area contributed by atoms with Crippen molar-refractivity contribution in [1.82, 2.24) is 5.32 Å². The van der Waals surface area contributed by atoms with E-state index < -0.39 is 0 Å². The van der Waals surface area contributed by atoms with E-state index in [9.17, 15) is 0 Å². The molecule has 0 saturated heterocycles. The highest BCUT2D eigenvalue weighted by Crippen LogP contribution is 2.24. The van der Waals surface area contributed by atoms with Crippen LogP contribution >= 0.6 is 15.9 Å². The van der Waals surface area contributed by atoms with Gasteiger partial charge in [0.1, 0.15) is 0 Å². The first-order chi connectivity index (χ1) is 8.69. The predicted molar refractivity (Wildman–Crippen MR) is 81.3 cm³/mol. The molecule has 4 heteroatoms. The minimum atomic E-state index is 0.744. The fraction of sp³-hybridized carbons (Fsp3) is 0.571. The SMILES string of the molecule is CCCN(C)c1ccc(Br)cc1CNCCOC. The van der Waals surface area contributed by atoms with E-state index in [-0.39, 0.29) is 0 Å². The Kier molecular flexibility index (Phi) is 7.32. The zero-order valence-electron chi connectivity index (χ0n) is 11.5. The van der Waals surface area contributed by atoms with Crippen LogP contribution in [0.5, 0.6) is 0 Å². The molecule has 0 aliphatic heterocycles. The molecule has 0 bridgehead atoms. The van der Waals surface area contributed by atoms with Gasteiger partial charge in [0.2, 0.25) is 0 Å². The van der Waals surface area contributed by atoms with Gasteiger partial charge in [-0.25, -0.2) is 0 Å². The maximum Gasteiger partial charge on any atom is 0.0587 e. The average molecular weight is 315 g/mol. The van der Waals surface area contributed by atoms with Crippen LogP contribution in [0.4, 0.5) is 5.69 Å².